The maximum absolute atomic E-state index is 13.3. The summed E-state index contributed by atoms with van der Waals surface area (Å²) in [5.74, 6) is -0.690. The highest BCUT2D eigenvalue weighted by atomic mass is 32.2. The molecule has 2 heterocycles. The van der Waals surface area contributed by atoms with Crippen LogP contribution in [0.2, 0.25) is 0 Å². The largest absolute Gasteiger partial charge is 0.370 e. The number of hydrogen-bond acceptors (Lipinski definition) is 4. The molecule has 0 atom stereocenters. The van der Waals surface area contributed by atoms with E-state index < -0.39 is 10.0 Å². The molecule has 0 aromatic heterocycles. The van der Waals surface area contributed by atoms with Gasteiger partial charge in [-0.1, -0.05) is 12.1 Å². The zero-order valence-corrected chi connectivity index (χ0v) is 17.6. The van der Waals surface area contributed by atoms with Crippen molar-refractivity contribution in [1.82, 2.24) is 9.62 Å². The number of nitrogens with one attached hydrogen (secondary N) is 1. The van der Waals surface area contributed by atoms with Crippen LogP contribution >= 0.6 is 0 Å². The fraction of sp³-hybridized carbons (Fsp3) is 0.409. The molecule has 6 nitrogen and oxygen atoms in total. The van der Waals surface area contributed by atoms with Crippen LogP contribution in [0.5, 0.6) is 0 Å². The Morgan fingerprint density at radius 3 is 2.23 bits per heavy atom. The van der Waals surface area contributed by atoms with Gasteiger partial charge in [0.05, 0.1) is 5.69 Å². The van der Waals surface area contributed by atoms with E-state index in [0.29, 0.717) is 24.3 Å². The standard InChI is InChI=1S/C22H26FN3O3S/c23-19-8-5-17(6-9-19)16-24-22(27)18-7-10-20(25-11-1-2-12-25)21(15-18)30(28,29)26-13-3-4-14-26/h5-10,15H,1-4,11-14,16H2,(H,24,27). The van der Waals surface area contributed by atoms with Crippen LogP contribution in [0.25, 0.3) is 0 Å². The van der Waals surface area contributed by atoms with Crippen molar-refractivity contribution >= 4 is 21.6 Å². The van der Waals surface area contributed by atoms with Crippen LogP contribution in [0.15, 0.2) is 47.4 Å². The minimum Gasteiger partial charge on any atom is -0.370 e. The second-order valence-corrected chi connectivity index (χ2v) is 9.70. The SMILES string of the molecule is O=C(NCc1ccc(F)cc1)c1ccc(N2CCCC2)c(S(=O)(=O)N2CCCC2)c1. The van der Waals surface area contributed by atoms with Gasteiger partial charge in [-0.3, -0.25) is 4.79 Å². The van der Waals surface area contributed by atoms with Gasteiger partial charge in [-0.15, -0.1) is 0 Å². The molecule has 0 unspecified atom stereocenters. The molecule has 1 N–H and O–H groups in total. The van der Waals surface area contributed by atoms with Gasteiger partial charge in [0.1, 0.15) is 10.7 Å². The van der Waals surface area contributed by atoms with E-state index in [1.54, 1.807) is 24.3 Å². The molecular weight excluding hydrogens is 405 g/mol. The summed E-state index contributed by atoms with van der Waals surface area (Å²) in [6.07, 6.45) is 3.78. The number of nitrogens with zero attached hydrogens (tertiary/aromatic N) is 2. The van der Waals surface area contributed by atoms with Crippen molar-refractivity contribution in [2.24, 2.45) is 0 Å². The van der Waals surface area contributed by atoms with Crippen LogP contribution in [-0.2, 0) is 16.6 Å². The molecule has 1 amide bonds. The van der Waals surface area contributed by atoms with E-state index in [1.165, 1.54) is 22.5 Å². The smallest absolute Gasteiger partial charge is 0.251 e. The summed E-state index contributed by atoms with van der Waals surface area (Å²) in [5.41, 5.74) is 1.75. The van der Waals surface area contributed by atoms with Gasteiger partial charge < -0.3 is 10.2 Å². The second kappa shape index (κ2) is 8.73. The van der Waals surface area contributed by atoms with Crippen molar-refractivity contribution < 1.29 is 17.6 Å². The van der Waals surface area contributed by atoms with E-state index in [2.05, 4.69) is 10.2 Å². The molecule has 2 saturated heterocycles. The number of halogens is 1. The molecule has 0 saturated carbocycles. The maximum atomic E-state index is 13.3. The quantitative estimate of drug-likeness (QED) is 0.763. The first-order chi connectivity index (χ1) is 14.4. The van der Waals surface area contributed by atoms with Crippen LogP contribution < -0.4 is 10.2 Å². The Morgan fingerprint density at radius 1 is 0.933 bits per heavy atom. The minimum atomic E-state index is -3.66. The van der Waals surface area contributed by atoms with Gasteiger partial charge >= 0.3 is 0 Å². The highest BCUT2D eigenvalue weighted by Gasteiger charge is 2.32. The Morgan fingerprint density at radius 2 is 1.57 bits per heavy atom. The molecule has 2 aromatic carbocycles. The topological polar surface area (TPSA) is 69.7 Å². The van der Waals surface area contributed by atoms with Crippen molar-refractivity contribution in [3.63, 3.8) is 0 Å². The molecule has 8 heteroatoms. The Bertz CT molecular complexity index is 1010. The number of sulfonamides is 1. The first-order valence-corrected chi connectivity index (χ1v) is 11.8. The third-order valence-electron chi connectivity index (χ3n) is 5.72. The Hall–Kier alpha value is -2.45. The van der Waals surface area contributed by atoms with Crippen LogP contribution in [-0.4, -0.2) is 44.8 Å². The van der Waals surface area contributed by atoms with Crippen molar-refractivity contribution in [3.05, 3.63) is 59.4 Å². The molecule has 0 spiro atoms. The summed E-state index contributed by atoms with van der Waals surface area (Å²) < 4.78 is 41.2. The number of hydrogen-bond donors (Lipinski definition) is 1. The van der Waals surface area contributed by atoms with Gasteiger partial charge in [0.25, 0.3) is 5.91 Å². The van der Waals surface area contributed by atoms with Crippen LogP contribution in [0.3, 0.4) is 0 Å². The fourth-order valence-electron chi connectivity index (χ4n) is 4.04. The monoisotopic (exact) mass is 431 g/mol. The van der Waals surface area contributed by atoms with Crippen LogP contribution in [0.1, 0.15) is 41.6 Å². The predicted octanol–water partition coefficient (Wildman–Crippen LogP) is 3.14. The molecule has 2 aliphatic rings. The Kier molecular flexibility index (Phi) is 6.06. The first-order valence-electron chi connectivity index (χ1n) is 10.4. The summed E-state index contributed by atoms with van der Waals surface area (Å²) >= 11 is 0. The molecule has 2 aromatic rings. The minimum absolute atomic E-state index is 0.209. The molecule has 4 rings (SSSR count). The lowest BCUT2D eigenvalue weighted by atomic mass is 10.1. The van der Waals surface area contributed by atoms with Crippen molar-refractivity contribution in [2.45, 2.75) is 37.1 Å². The molecule has 160 valence electrons. The van der Waals surface area contributed by atoms with Gasteiger partial charge in [-0.2, -0.15) is 4.31 Å². The molecule has 0 bridgehead atoms. The van der Waals surface area contributed by atoms with E-state index in [4.69, 9.17) is 0 Å². The lowest BCUT2D eigenvalue weighted by Gasteiger charge is -2.24. The van der Waals surface area contributed by atoms with E-state index in [9.17, 15) is 17.6 Å². The normalized spacial score (nSPS) is 17.4. The zero-order valence-electron chi connectivity index (χ0n) is 16.8. The first kappa shape index (κ1) is 20.8. The van der Waals surface area contributed by atoms with Crippen molar-refractivity contribution in [2.75, 3.05) is 31.1 Å². The predicted molar refractivity (Wildman–Crippen MR) is 113 cm³/mol. The highest BCUT2D eigenvalue weighted by molar-refractivity contribution is 7.89. The summed E-state index contributed by atoms with van der Waals surface area (Å²) in [7, 11) is -3.66. The molecule has 2 aliphatic heterocycles. The fourth-order valence-corrected chi connectivity index (χ4v) is 5.79. The number of carbonyl (C=O) groups is 1. The van der Waals surface area contributed by atoms with Gasteiger partial charge in [0.15, 0.2) is 0 Å². The van der Waals surface area contributed by atoms with Gasteiger partial charge in [0.2, 0.25) is 10.0 Å². The number of amides is 1. The van der Waals surface area contributed by atoms with Crippen molar-refractivity contribution in [3.8, 4) is 0 Å². The van der Waals surface area contributed by atoms with Crippen molar-refractivity contribution in [1.29, 1.82) is 0 Å². The molecule has 30 heavy (non-hydrogen) atoms. The van der Waals surface area contributed by atoms with Gasteiger partial charge in [-0.05, 0) is 61.6 Å². The molecule has 2 fully saturated rings. The summed E-state index contributed by atoms with van der Waals surface area (Å²) in [6, 6.07) is 10.8. The lowest BCUT2D eigenvalue weighted by molar-refractivity contribution is 0.0950. The number of carbonyl (C=O) groups excluding carboxylic acids is 1. The highest BCUT2D eigenvalue weighted by Crippen LogP contribution is 2.32. The van der Waals surface area contributed by atoms with E-state index in [0.717, 1.165) is 44.3 Å². The van der Waals surface area contributed by atoms with Crippen LogP contribution in [0, 0.1) is 5.82 Å². The summed E-state index contributed by atoms with van der Waals surface area (Å²) in [4.78, 5) is 15.0. The van der Waals surface area contributed by atoms with Gasteiger partial charge in [-0.25, -0.2) is 12.8 Å². The molecular formula is C22H26FN3O3S. The Labute approximate surface area is 176 Å². The van der Waals surface area contributed by atoms with E-state index >= 15 is 0 Å². The summed E-state index contributed by atoms with van der Waals surface area (Å²) in [6.45, 7) is 2.91. The molecule has 0 aliphatic carbocycles. The summed E-state index contributed by atoms with van der Waals surface area (Å²) in [5, 5.41) is 2.79. The average Bonchev–Trinajstić information content (AvgIpc) is 3.47. The van der Waals surface area contributed by atoms with E-state index in [1.807, 2.05) is 0 Å². The van der Waals surface area contributed by atoms with E-state index in [-0.39, 0.29) is 23.2 Å². The second-order valence-electron chi connectivity index (χ2n) is 7.80. The average molecular weight is 432 g/mol. The third-order valence-corrected chi connectivity index (χ3v) is 7.65. The van der Waals surface area contributed by atoms with Gasteiger partial charge in [0, 0.05) is 38.3 Å². The number of rotatable bonds is 6. The third kappa shape index (κ3) is 4.34. The molecule has 0 radical (unpaired) electrons. The Balaban J connectivity index is 1.60. The van der Waals surface area contributed by atoms with Crippen LogP contribution in [0.4, 0.5) is 10.1 Å². The zero-order chi connectivity index (χ0) is 21.1. The number of benzene rings is 2. The maximum Gasteiger partial charge on any atom is 0.251 e. The number of anilines is 1. The lowest BCUT2D eigenvalue weighted by Crippen LogP contribution is -2.31.